The summed E-state index contributed by atoms with van der Waals surface area (Å²) < 4.78 is 26.5. The van der Waals surface area contributed by atoms with E-state index >= 15 is 0 Å². The van der Waals surface area contributed by atoms with Gasteiger partial charge in [0.15, 0.2) is 0 Å². The maximum Gasteiger partial charge on any atom is 0.284 e. The van der Waals surface area contributed by atoms with Crippen LogP contribution in [-0.2, 0) is 15.8 Å². The summed E-state index contributed by atoms with van der Waals surface area (Å²) in [6.07, 6.45) is 0. The van der Waals surface area contributed by atoms with Gasteiger partial charge in [-0.2, -0.15) is 4.31 Å². The predicted molar refractivity (Wildman–Crippen MR) is 104 cm³/mol. The maximum absolute atomic E-state index is 12.6. The first-order valence-corrected chi connectivity index (χ1v) is 10.7. The molecule has 2 aromatic rings. The lowest BCUT2D eigenvalue weighted by Crippen LogP contribution is -2.30. The van der Waals surface area contributed by atoms with Crippen molar-refractivity contribution in [1.29, 1.82) is 0 Å². The molecule has 0 bridgehead atoms. The van der Waals surface area contributed by atoms with Gasteiger partial charge in [0.25, 0.3) is 5.69 Å². The highest BCUT2D eigenvalue weighted by Gasteiger charge is 2.25. The van der Waals surface area contributed by atoms with Gasteiger partial charge < -0.3 is 0 Å². The molecule has 2 rings (SSSR count). The largest absolute Gasteiger partial charge is 0.284 e. The van der Waals surface area contributed by atoms with E-state index < -0.39 is 14.9 Å². The Balaban J connectivity index is 2.35. The second kappa shape index (κ2) is 8.66. The van der Waals surface area contributed by atoms with E-state index in [4.69, 9.17) is 0 Å². The van der Waals surface area contributed by atoms with Crippen LogP contribution in [0.25, 0.3) is 0 Å². The highest BCUT2D eigenvalue weighted by molar-refractivity contribution is 7.98. The van der Waals surface area contributed by atoms with Crippen LogP contribution in [0.15, 0.2) is 52.3 Å². The molecule has 0 unspecified atom stereocenters. The molecule has 6 nitrogen and oxygen atoms in total. The zero-order chi connectivity index (χ0) is 19.3. The van der Waals surface area contributed by atoms with E-state index in [1.807, 2.05) is 31.2 Å². The van der Waals surface area contributed by atoms with E-state index in [2.05, 4.69) is 0 Å². The first kappa shape index (κ1) is 20.4. The molecule has 0 saturated carbocycles. The van der Waals surface area contributed by atoms with Crippen LogP contribution in [0.2, 0.25) is 0 Å². The average Bonchev–Trinajstić information content (AvgIpc) is 2.61. The zero-order valence-corrected chi connectivity index (χ0v) is 16.6. The second-order valence-electron chi connectivity index (χ2n) is 5.69. The van der Waals surface area contributed by atoms with Crippen molar-refractivity contribution < 1.29 is 13.3 Å². The molecule has 0 amide bonds. The number of sulfonamides is 1. The fourth-order valence-electron chi connectivity index (χ4n) is 2.56. The molecule has 140 valence electrons. The number of nitro benzene ring substituents is 1. The highest BCUT2D eigenvalue weighted by Crippen LogP contribution is 2.34. The summed E-state index contributed by atoms with van der Waals surface area (Å²) in [5, 5.41) is 11.5. The molecular formula is C18H22N2O4S2. The van der Waals surface area contributed by atoms with E-state index in [0.717, 1.165) is 17.2 Å². The Morgan fingerprint density at radius 1 is 1.12 bits per heavy atom. The van der Waals surface area contributed by atoms with Gasteiger partial charge in [0.2, 0.25) is 10.0 Å². The molecule has 0 aromatic heterocycles. The van der Waals surface area contributed by atoms with Crippen LogP contribution in [0, 0.1) is 17.0 Å². The number of thioether (sulfide) groups is 1. The molecular weight excluding hydrogens is 372 g/mol. The lowest BCUT2D eigenvalue weighted by Gasteiger charge is -2.18. The van der Waals surface area contributed by atoms with E-state index in [1.165, 1.54) is 28.2 Å². The molecule has 0 atom stereocenters. The van der Waals surface area contributed by atoms with Crippen molar-refractivity contribution >= 4 is 27.5 Å². The van der Waals surface area contributed by atoms with E-state index in [0.29, 0.717) is 23.7 Å². The number of hydrogen-bond donors (Lipinski definition) is 0. The van der Waals surface area contributed by atoms with Gasteiger partial charge in [0.05, 0.1) is 14.7 Å². The van der Waals surface area contributed by atoms with Gasteiger partial charge in [-0.25, -0.2) is 8.42 Å². The lowest BCUT2D eigenvalue weighted by molar-refractivity contribution is -0.388. The third kappa shape index (κ3) is 4.44. The third-order valence-corrected chi connectivity index (χ3v) is 7.27. The fourth-order valence-corrected chi connectivity index (χ4v) is 5.12. The summed E-state index contributed by atoms with van der Waals surface area (Å²) in [7, 11) is -3.73. The van der Waals surface area contributed by atoms with Crippen molar-refractivity contribution in [2.45, 2.75) is 36.3 Å². The quantitative estimate of drug-likeness (QED) is 0.380. The van der Waals surface area contributed by atoms with Crippen molar-refractivity contribution in [2.24, 2.45) is 0 Å². The lowest BCUT2D eigenvalue weighted by atomic mass is 10.1. The Morgan fingerprint density at radius 3 is 2.35 bits per heavy atom. The topological polar surface area (TPSA) is 80.5 Å². The van der Waals surface area contributed by atoms with Crippen molar-refractivity contribution in [2.75, 3.05) is 13.1 Å². The number of rotatable bonds is 8. The number of aryl methyl sites for hydroxylation is 1. The van der Waals surface area contributed by atoms with Crippen LogP contribution >= 0.6 is 11.8 Å². The molecule has 0 spiro atoms. The molecule has 0 aliphatic rings. The molecule has 8 heteroatoms. The molecule has 0 heterocycles. The van der Waals surface area contributed by atoms with Crippen LogP contribution < -0.4 is 0 Å². The second-order valence-corrected chi connectivity index (χ2v) is 8.65. The van der Waals surface area contributed by atoms with Gasteiger partial charge in [-0.1, -0.05) is 38.1 Å². The van der Waals surface area contributed by atoms with Gasteiger partial charge in [0.1, 0.15) is 0 Å². The predicted octanol–water partition coefficient (Wildman–Crippen LogP) is 4.23. The van der Waals surface area contributed by atoms with Gasteiger partial charge in [-0.3, -0.25) is 10.1 Å². The van der Waals surface area contributed by atoms with Crippen LogP contribution in [0.3, 0.4) is 0 Å². The molecule has 0 N–H and O–H groups in total. The number of hydrogen-bond acceptors (Lipinski definition) is 5. The molecule has 0 saturated heterocycles. The van der Waals surface area contributed by atoms with E-state index in [-0.39, 0.29) is 10.6 Å². The van der Waals surface area contributed by atoms with Crippen LogP contribution in [-0.4, -0.2) is 30.7 Å². The minimum absolute atomic E-state index is 0.0480. The highest BCUT2D eigenvalue weighted by atomic mass is 32.2. The standard InChI is InChI=1S/C18H22N2O4S2/c1-4-19(5-2)26(23,24)16-10-11-18(17(12-16)20(21)22)25-13-15-9-7-6-8-14(15)3/h6-12H,4-5,13H2,1-3H3. The third-order valence-electron chi connectivity index (χ3n) is 4.11. The van der Waals surface area contributed by atoms with E-state index in [9.17, 15) is 18.5 Å². The molecule has 0 aliphatic heterocycles. The summed E-state index contributed by atoms with van der Waals surface area (Å²) in [4.78, 5) is 11.4. The minimum Gasteiger partial charge on any atom is -0.258 e. The van der Waals surface area contributed by atoms with Crippen LogP contribution in [0.4, 0.5) is 5.69 Å². The zero-order valence-electron chi connectivity index (χ0n) is 15.0. The van der Waals surface area contributed by atoms with Gasteiger partial charge in [-0.05, 0) is 30.2 Å². The molecule has 2 aromatic carbocycles. The normalized spacial score (nSPS) is 11.7. The molecule has 0 aliphatic carbocycles. The summed E-state index contributed by atoms with van der Waals surface area (Å²) in [6, 6.07) is 12.0. The summed E-state index contributed by atoms with van der Waals surface area (Å²) in [5.41, 5.74) is 2.02. The smallest absolute Gasteiger partial charge is 0.258 e. The average molecular weight is 395 g/mol. The Morgan fingerprint density at radius 2 is 1.77 bits per heavy atom. The SMILES string of the molecule is CCN(CC)S(=O)(=O)c1ccc(SCc2ccccc2C)c([N+](=O)[O-])c1. The monoisotopic (exact) mass is 394 g/mol. The van der Waals surface area contributed by atoms with Gasteiger partial charge in [0, 0.05) is 24.9 Å². The molecule has 0 fully saturated rings. The number of benzene rings is 2. The Hall–Kier alpha value is -1.90. The minimum atomic E-state index is -3.73. The van der Waals surface area contributed by atoms with Crippen molar-refractivity contribution in [1.82, 2.24) is 4.31 Å². The number of nitro groups is 1. The summed E-state index contributed by atoms with van der Waals surface area (Å²) in [5.74, 6) is 0.579. The maximum atomic E-state index is 12.6. The van der Waals surface area contributed by atoms with Crippen LogP contribution in [0.1, 0.15) is 25.0 Å². The van der Waals surface area contributed by atoms with Crippen molar-refractivity contribution in [3.63, 3.8) is 0 Å². The van der Waals surface area contributed by atoms with Gasteiger partial charge in [-0.15, -0.1) is 11.8 Å². The Labute approximate surface area is 158 Å². The molecule has 0 radical (unpaired) electrons. The summed E-state index contributed by atoms with van der Waals surface area (Å²) >= 11 is 1.33. The Bertz CT molecular complexity index is 894. The summed E-state index contributed by atoms with van der Waals surface area (Å²) in [6.45, 7) is 6.10. The fraction of sp³-hybridized carbons (Fsp3) is 0.333. The van der Waals surface area contributed by atoms with Crippen molar-refractivity contribution in [3.8, 4) is 0 Å². The van der Waals surface area contributed by atoms with E-state index in [1.54, 1.807) is 13.8 Å². The first-order chi connectivity index (χ1) is 12.3. The van der Waals surface area contributed by atoms with Crippen molar-refractivity contribution in [3.05, 3.63) is 63.7 Å². The number of nitrogens with zero attached hydrogens (tertiary/aromatic N) is 2. The Kier molecular flexibility index (Phi) is 6.80. The first-order valence-electron chi connectivity index (χ1n) is 8.27. The van der Waals surface area contributed by atoms with Gasteiger partial charge >= 0.3 is 0 Å². The van der Waals surface area contributed by atoms with Crippen LogP contribution in [0.5, 0.6) is 0 Å². The molecule has 26 heavy (non-hydrogen) atoms.